The van der Waals surface area contributed by atoms with Crippen LogP contribution in [0.25, 0.3) is 11.2 Å². The Hall–Kier alpha value is -2.70. The van der Waals surface area contributed by atoms with Gasteiger partial charge in [0.15, 0.2) is 11.2 Å². The Bertz CT molecular complexity index is 844. The van der Waals surface area contributed by atoms with Gasteiger partial charge < -0.3 is 0 Å². The van der Waals surface area contributed by atoms with E-state index in [1.807, 2.05) is 30.3 Å². The minimum Gasteiger partial charge on any atom is -0.272 e. The number of hydrogen-bond donors (Lipinski definition) is 1. The van der Waals surface area contributed by atoms with E-state index in [4.69, 9.17) is 0 Å². The smallest absolute Gasteiger partial charge is 0.272 e. The van der Waals surface area contributed by atoms with Crippen LogP contribution in [0.15, 0.2) is 39.9 Å². The van der Waals surface area contributed by atoms with Crippen molar-refractivity contribution in [2.75, 3.05) is 0 Å². The maximum Gasteiger partial charge on any atom is 0.330 e. The van der Waals surface area contributed by atoms with Gasteiger partial charge in [-0.2, -0.15) is 0 Å². The first-order valence-corrected chi connectivity index (χ1v) is 5.73. The van der Waals surface area contributed by atoms with Crippen LogP contribution in [-0.4, -0.2) is 24.5 Å². The zero-order chi connectivity index (χ0) is 13.4. The summed E-state index contributed by atoms with van der Waals surface area (Å²) in [4.78, 5) is 25.8. The van der Waals surface area contributed by atoms with Crippen molar-refractivity contribution in [3.63, 3.8) is 0 Å². The second kappa shape index (κ2) is 4.20. The highest BCUT2D eigenvalue weighted by molar-refractivity contribution is 5.68. The third-order valence-corrected chi connectivity index (χ3v) is 2.92. The molecule has 0 spiro atoms. The molecule has 96 valence electrons. The van der Waals surface area contributed by atoms with Crippen LogP contribution >= 0.6 is 0 Å². The number of aromatic nitrogens is 5. The van der Waals surface area contributed by atoms with Crippen LogP contribution in [0, 0.1) is 0 Å². The number of fused-ring (bicyclic) bond motifs is 1. The molecule has 0 saturated carbocycles. The fourth-order valence-corrected chi connectivity index (χ4v) is 2.03. The minimum absolute atomic E-state index is 0.165. The predicted octanol–water partition coefficient (Wildman–Crippen LogP) is -0.133. The van der Waals surface area contributed by atoms with E-state index < -0.39 is 11.2 Å². The summed E-state index contributed by atoms with van der Waals surface area (Å²) < 4.78 is 2.88. The van der Waals surface area contributed by atoms with Gasteiger partial charge >= 0.3 is 5.69 Å². The van der Waals surface area contributed by atoms with E-state index in [0.29, 0.717) is 12.2 Å². The molecule has 0 atom stereocenters. The molecule has 1 aromatic carbocycles. The molecule has 0 amide bonds. The highest BCUT2D eigenvalue weighted by atomic mass is 16.2. The van der Waals surface area contributed by atoms with Crippen LogP contribution in [-0.2, 0) is 13.6 Å². The molecule has 3 rings (SSSR count). The van der Waals surface area contributed by atoms with Crippen LogP contribution in [0.3, 0.4) is 0 Å². The van der Waals surface area contributed by atoms with Gasteiger partial charge in [0.05, 0.1) is 6.54 Å². The fourth-order valence-electron chi connectivity index (χ4n) is 2.03. The van der Waals surface area contributed by atoms with Gasteiger partial charge in [0.2, 0.25) is 0 Å². The van der Waals surface area contributed by atoms with Gasteiger partial charge in [0.25, 0.3) is 5.56 Å². The Labute approximate surface area is 107 Å². The first-order chi connectivity index (χ1) is 9.16. The number of aryl methyl sites for hydroxylation is 1. The normalized spacial score (nSPS) is 11.0. The van der Waals surface area contributed by atoms with Crippen molar-refractivity contribution in [1.82, 2.24) is 24.5 Å². The third-order valence-electron chi connectivity index (χ3n) is 2.92. The van der Waals surface area contributed by atoms with Gasteiger partial charge in [0, 0.05) is 7.05 Å². The molecular formula is C12H11N5O2. The molecule has 0 aliphatic heterocycles. The van der Waals surface area contributed by atoms with Crippen molar-refractivity contribution in [1.29, 1.82) is 0 Å². The number of hydrogen-bond acceptors (Lipinski definition) is 4. The van der Waals surface area contributed by atoms with Crippen molar-refractivity contribution >= 4 is 11.2 Å². The molecule has 7 heteroatoms. The van der Waals surface area contributed by atoms with Gasteiger partial charge in [-0.25, -0.2) is 9.48 Å². The van der Waals surface area contributed by atoms with Crippen molar-refractivity contribution in [2.45, 2.75) is 6.54 Å². The maximum absolute atomic E-state index is 11.9. The summed E-state index contributed by atoms with van der Waals surface area (Å²) in [5.41, 5.74) is 0.555. The van der Waals surface area contributed by atoms with E-state index in [1.54, 1.807) is 7.05 Å². The van der Waals surface area contributed by atoms with Gasteiger partial charge in [0.1, 0.15) is 0 Å². The summed E-state index contributed by atoms with van der Waals surface area (Å²) in [6.45, 7) is 0.355. The van der Waals surface area contributed by atoms with Gasteiger partial charge in [-0.05, 0) is 5.56 Å². The first-order valence-electron chi connectivity index (χ1n) is 5.73. The summed E-state index contributed by atoms with van der Waals surface area (Å²) in [5.74, 6) is 0. The number of H-pyrrole nitrogens is 1. The van der Waals surface area contributed by atoms with Crippen molar-refractivity contribution in [2.24, 2.45) is 7.05 Å². The molecule has 0 aliphatic rings. The largest absolute Gasteiger partial charge is 0.330 e. The van der Waals surface area contributed by atoms with E-state index in [-0.39, 0.29) is 5.52 Å². The lowest BCUT2D eigenvalue weighted by molar-refractivity contribution is 0.679. The summed E-state index contributed by atoms with van der Waals surface area (Å²) in [6, 6.07) is 9.51. The quantitative estimate of drug-likeness (QED) is 0.692. The van der Waals surface area contributed by atoms with Crippen molar-refractivity contribution in [3.05, 3.63) is 56.7 Å². The molecule has 0 bridgehead atoms. The second-order valence-electron chi connectivity index (χ2n) is 4.22. The number of aromatic amines is 1. The molecule has 2 aromatic heterocycles. The lowest BCUT2D eigenvalue weighted by Crippen LogP contribution is -2.31. The fraction of sp³-hybridized carbons (Fsp3) is 0.167. The Kier molecular flexibility index (Phi) is 2.52. The van der Waals surface area contributed by atoms with Crippen LogP contribution in [0.5, 0.6) is 0 Å². The van der Waals surface area contributed by atoms with Gasteiger partial charge in [-0.1, -0.05) is 35.5 Å². The molecule has 0 radical (unpaired) electrons. The molecule has 7 nitrogen and oxygen atoms in total. The van der Waals surface area contributed by atoms with Crippen LogP contribution < -0.4 is 11.2 Å². The summed E-state index contributed by atoms with van der Waals surface area (Å²) in [5, 5.41) is 7.56. The average molecular weight is 257 g/mol. The summed E-state index contributed by atoms with van der Waals surface area (Å²) in [6.07, 6.45) is 0. The highest BCUT2D eigenvalue weighted by Crippen LogP contribution is 2.06. The first kappa shape index (κ1) is 11.4. The van der Waals surface area contributed by atoms with E-state index in [1.165, 1.54) is 9.25 Å². The predicted molar refractivity (Wildman–Crippen MR) is 68.9 cm³/mol. The molecule has 19 heavy (non-hydrogen) atoms. The Morgan fingerprint density at radius 2 is 1.95 bits per heavy atom. The maximum atomic E-state index is 11.9. The molecule has 1 N–H and O–H groups in total. The summed E-state index contributed by atoms with van der Waals surface area (Å²) in [7, 11) is 1.65. The second-order valence-corrected chi connectivity index (χ2v) is 4.22. The van der Waals surface area contributed by atoms with Crippen LogP contribution in [0.4, 0.5) is 0 Å². The number of nitrogens with zero attached hydrogens (tertiary/aromatic N) is 4. The highest BCUT2D eigenvalue weighted by Gasteiger charge is 2.13. The van der Waals surface area contributed by atoms with Crippen molar-refractivity contribution in [3.8, 4) is 0 Å². The van der Waals surface area contributed by atoms with Crippen molar-refractivity contribution < 1.29 is 0 Å². The molecule has 0 saturated heterocycles. The van der Waals surface area contributed by atoms with E-state index >= 15 is 0 Å². The number of benzene rings is 1. The molecule has 0 aliphatic carbocycles. The topological polar surface area (TPSA) is 85.6 Å². The monoisotopic (exact) mass is 257 g/mol. The zero-order valence-electron chi connectivity index (χ0n) is 10.2. The lowest BCUT2D eigenvalue weighted by atomic mass is 10.2. The molecule has 2 heterocycles. The van der Waals surface area contributed by atoms with E-state index in [9.17, 15) is 9.59 Å². The molecule has 0 fully saturated rings. The molecule has 0 unspecified atom stereocenters. The van der Waals surface area contributed by atoms with Gasteiger partial charge in [-0.3, -0.25) is 14.3 Å². The zero-order valence-corrected chi connectivity index (χ0v) is 10.2. The Morgan fingerprint density at radius 1 is 1.21 bits per heavy atom. The molecular weight excluding hydrogens is 246 g/mol. The summed E-state index contributed by atoms with van der Waals surface area (Å²) >= 11 is 0. The third kappa shape index (κ3) is 1.85. The minimum atomic E-state index is -0.516. The lowest BCUT2D eigenvalue weighted by Gasteiger charge is -2.07. The SMILES string of the molecule is Cn1nnc2c(=O)[nH]c(=O)n(Cc3ccccc3)c21. The Morgan fingerprint density at radius 3 is 2.68 bits per heavy atom. The van der Waals surface area contributed by atoms with Crippen LogP contribution in [0.1, 0.15) is 5.56 Å². The average Bonchev–Trinajstić information content (AvgIpc) is 2.78. The van der Waals surface area contributed by atoms with Gasteiger partial charge in [-0.15, -0.1) is 5.10 Å². The molecule has 3 aromatic rings. The standard InChI is InChI=1S/C12H11N5O2/c1-16-11-9(14-15-16)10(18)13-12(19)17(11)7-8-5-3-2-4-6-8/h2-6H,7H2,1H3,(H,13,18,19). The number of rotatable bonds is 2. The van der Waals surface area contributed by atoms with E-state index in [2.05, 4.69) is 15.3 Å². The number of nitrogens with one attached hydrogen (secondary N) is 1. The van der Waals surface area contributed by atoms with E-state index in [0.717, 1.165) is 5.56 Å². The Balaban J connectivity index is 2.26. The van der Waals surface area contributed by atoms with Crippen LogP contribution in [0.2, 0.25) is 0 Å².